The highest BCUT2D eigenvalue weighted by Gasteiger charge is 2.45. The van der Waals surface area contributed by atoms with Crippen molar-refractivity contribution in [2.24, 2.45) is 17.6 Å². The Morgan fingerprint density at radius 2 is 2.10 bits per heavy atom. The van der Waals surface area contributed by atoms with Gasteiger partial charge in [-0.25, -0.2) is 8.42 Å². The number of sulfonamides is 1. The van der Waals surface area contributed by atoms with Crippen molar-refractivity contribution in [2.45, 2.75) is 30.4 Å². The topological polar surface area (TPSA) is 83.6 Å². The first-order chi connectivity index (χ1) is 9.93. The number of aliphatic hydroxyl groups excluding tert-OH is 1. The number of hydrogen-bond donors (Lipinski definition) is 2. The lowest BCUT2D eigenvalue weighted by molar-refractivity contribution is 0.129. The number of benzene rings is 1. The molecule has 1 aliphatic carbocycles. The molecule has 3 N–H and O–H groups in total. The van der Waals surface area contributed by atoms with Crippen LogP contribution in [0.25, 0.3) is 0 Å². The van der Waals surface area contributed by atoms with Crippen molar-refractivity contribution in [1.29, 1.82) is 0 Å². The van der Waals surface area contributed by atoms with Gasteiger partial charge < -0.3 is 10.8 Å². The fourth-order valence-corrected chi connectivity index (χ4v) is 5.28. The number of halogens is 1. The predicted molar refractivity (Wildman–Crippen MR) is 80.3 cm³/mol. The SMILES string of the molecule is NCc1ccc(S(=O)(=O)N2CC3CCC(O)C3C2)cc1Cl. The molecule has 0 aromatic heterocycles. The molecule has 2 aliphatic rings. The highest BCUT2D eigenvalue weighted by atomic mass is 35.5. The molecule has 1 heterocycles. The molecule has 3 atom stereocenters. The van der Waals surface area contributed by atoms with Crippen LogP contribution in [0.3, 0.4) is 0 Å². The van der Waals surface area contributed by atoms with E-state index in [2.05, 4.69) is 0 Å². The minimum Gasteiger partial charge on any atom is -0.393 e. The minimum atomic E-state index is -3.55. The van der Waals surface area contributed by atoms with Crippen LogP contribution in [0.15, 0.2) is 23.1 Å². The van der Waals surface area contributed by atoms with E-state index in [4.69, 9.17) is 17.3 Å². The van der Waals surface area contributed by atoms with Gasteiger partial charge in [0.05, 0.1) is 11.0 Å². The molecule has 21 heavy (non-hydrogen) atoms. The van der Waals surface area contributed by atoms with Gasteiger partial charge in [0.1, 0.15) is 0 Å². The van der Waals surface area contributed by atoms with Crippen molar-refractivity contribution < 1.29 is 13.5 Å². The van der Waals surface area contributed by atoms with E-state index in [0.29, 0.717) is 18.1 Å². The Hall–Kier alpha value is -0.660. The number of nitrogens with two attached hydrogens (primary N) is 1. The maximum atomic E-state index is 12.7. The van der Waals surface area contributed by atoms with Gasteiger partial charge in [0.25, 0.3) is 0 Å². The van der Waals surface area contributed by atoms with Crippen LogP contribution in [0.1, 0.15) is 18.4 Å². The van der Waals surface area contributed by atoms with Gasteiger partial charge in [-0.3, -0.25) is 0 Å². The predicted octanol–water partition coefficient (Wildman–Crippen LogP) is 1.19. The van der Waals surface area contributed by atoms with E-state index in [-0.39, 0.29) is 29.4 Å². The molecule has 0 spiro atoms. The van der Waals surface area contributed by atoms with Crippen molar-refractivity contribution >= 4 is 21.6 Å². The van der Waals surface area contributed by atoms with Crippen molar-refractivity contribution in [3.8, 4) is 0 Å². The van der Waals surface area contributed by atoms with Gasteiger partial charge in [0, 0.05) is 30.6 Å². The molecular formula is C14H19ClN2O3S. The fraction of sp³-hybridized carbons (Fsp3) is 0.571. The van der Waals surface area contributed by atoms with Gasteiger partial charge in [0.2, 0.25) is 10.0 Å². The van der Waals surface area contributed by atoms with E-state index in [9.17, 15) is 13.5 Å². The van der Waals surface area contributed by atoms with Crippen molar-refractivity contribution in [1.82, 2.24) is 4.31 Å². The summed E-state index contributed by atoms with van der Waals surface area (Å²) in [6.07, 6.45) is 1.30. The summed E-state index contributed by atoms with van der Waals surface area (Å²) >= 11 is 6.06. The lowest BCUT2D eigenvalue weighted by atomic mass is 10.00. The monoisotopic (exact) mass is 330 g/mol. The normalized spacial score (nSPS) is 29.8. The number of nitrogens with zero attached hydrogens (tertiary/aromatic N) is 1. The summed E-state index contributed by atoms with van der Waals surface area (Å²) in [5.74, 6) is 0.340. The second-order valence-electron chi connectivity index (χ2n) is 5.85. The molecular weight excluding hydrogens is 312 g/mol. The average Bonchev–Trinajstić information content (AvgIpc) is 3.02. The van der Waals surface area contributed by atoms with Crippen LogP contribution >= 0.6 is 11.6 Å². The zero-order valence-electron chi connectivity index (χ0n) is 11.6. The summed E-state index contributed by atoms with van der Waals surface area (Å²) in [6, 6.07) is 4.67. The van der Waals surface area contributed by atoms with Gasteiger partial charge in [-0.2, -0.15) is 4.31 Å². The Kier molecular flexibility index (Phi) is 4.00. The molecule has 7 heteroatoms. The Morgan fingerprint density at radius 1 is 1.33 bits per heavy atom. The zero-order chi connectivity index (χ0) is 15.2. The summed E-state index contributed by atoms with van der Waals surface area (Å²) in [6.45, 7) is 1.16. The van der Waals surface area contributed by atoms with Gasteiger partial charge in [-0.05, 0) is 36.5 Å². The molecule has 5 nitrogen and oxygen atoms in total. The third kappa shape index (κ3) is 2.59. The Bertz CT molecular complexity index is 650. The number of hydrogen-bond acceptors (Lipinski definition) is 4. The first kappa shape index (κ1) is 15.2. The number of aliphatic hydroxyl groups is 1. The van der Waals surface area contributed by atoms with Crippen molar-refractivity contribution in [2.75, 3.05) is 13.1 Å². The van der Waals surface area contributed by atoms with Crippen LogP contribution in [-0.4, -0.2) is 37.0 Å². The fourth-order valence-electron chi connectivity index (χ4n) is 3.40. The average molecular weight is 331 g/mol. The molecule has 0 bridgehead atoms. The Morgan fingerprint density at radius 3 is 2.71 bits per heavy atom. The molecule has 1 saturated carbocycles. The summed E-state index contributed by atoms with van der Waals surface area (Å²) < 4.78 is 26.8. The number of fused-ring (bicyclic) bond motifs is 1. The van der Waals surface area contributed by atoms with E-state index >= 15 is 0 Å². The first-order valence-corrected chi connectivity index (χ1v) is 8.92. The second kappa shape index (κ2) is 5.52. The van der Waals surface area contributed by atoms with Crippen LogP contribution in [0.4, 0.5) is 0 Å². The van der Waals surface area contributed by atoms with Crippen molar-refractivity contribution in [3.05, 3.63) is 28.8 Å². The van der Waals surface area contributed by atoms with E-state index in [1.807, 2.05) is 0 Å². The van der Waals surface area contributed by atoms with Gasteiger partial charge in [-0.15, -0.1) is 0 Å². The van der Waals surface area contributed by atoms with Crippen LogP contribution in [0, 0.1) is 11.8 Å². The smallest absolute Gasteiger partial charge is 0.243 e. The molecule has 2 fully saturated rings. The van der Waals surface area contributed by atoms with Crippen molar-refractivity contribution in [3.63, 3.8) is 0 Å². The van der Waals surface area contributed by atoms with Crippen LogP contribution < -0.4 is 5.73 Å². The van der Waals surface area contributed by atoms with Gasteiger partial charge in [0.15, 0.2) is 0 Å². The molecule has 3 unspecified atom stereocenters. The lowest BCUT2D eigenvalue weighted by Crippen LogP contribution is -2.31. The van der Waals surface area contributed by atoms with E-state index in [1.165, 1.54) is 10.4 Å². The molecule has 3 rings (SSSR count). The largest absolute Gasteiger partial charge is 0.393 e. The molecule has 1 saturated heterocycles. The zero-order valence-corrected chi connectivity index (χ0v) is 13.1. The summed E-state index contributed by atoms with van der Waals surface area (Å²) in [7, 11) is -3.55. The quantitative estimate of drug-likeness (QED) is 0.872. The third-order valence-corrected chi connectivity index (χ3v) is 6.85. The maximum absolute atomic E-state index is 12.7. The van der Waals surface area contributed by atoms with Gasteiger partial charge >= 0.3 is 0 Å². The second-order valence-corrected chi connectivity index (χ2v) is 8.19. The highest BCUT2D eigenvalue weighted by Crippen LogP contribution is 2.40. The molecule has 1 aromatic carbocycles. The van der Waals surface area contributed by atoms with Crippen LogP contribution in [-0.2, 0) is 16.6 Å². The molecule has 116 valence electrons. The standard InChI is InChI=1S/C14H19ClN2O3S/c15-13-5-11(3-1-9(13)6-16)21(19,20)17-7-10-2-4-14(18)12(10)8-17/h1,3,5,10,12,14,18H,2,4,6-8,16H2. The lowest BCUT2D eigenvalue weighted by Gasteiger charge is -2.18. The first-order valence-electron chi connectivity index (χ1n) is 7.10. The molecule has 1 aliphatic heterocycles. The van der Waals surface area contributed by atoms with Crippen LogP contribution in [0.2, 0.25) is 5.02 Å². The van der Waals surface area contributed by atoms with Crippen LogP contribution in [0.5, 0.6) is 0 Å². The molecule has 1 aromatic rings. The number of rotatable bonds is 3. The van der Waals surface area contributed by atoms with E-state index in [0.717, 1.165) is 18.4 Å². The summed E-state index contributed by atoms with van der Waals surface area (Å²) in [5, 5.41) is 10.3. The Balaban J connectivity index is 1.86. The Labute approximate surface area is 129 Å². The highest BCUT2D eigenvalue weighted by molar-refractivity contribution is 7.89. The van der Waals surface area contributed by atoms with E-state index in [1.54, 1.807) is 12.1 Å². The summed E-state index contributed by atoms with van der Waals surface area (Å²) in [4.78, 5) is 0.194. The minimum absolute atomic E-state index is 0.0681. The molecule has 0 radical (unpaired) electrons. The molecule has 0 amide bonds. The van der Waals surface area contributed by atoms with E-state index < -0.39 is 10.0 Å². The maximum Gasteiger partial charge on any atom is 0.243 e. The summed E-state index contributed by atoms with van der Waals surface area (Å²) in [5.41, 5.74) is 6.26. The van der Waals surface area contributed by atoms with Gasteiger partial charge in [-0.1, -0.05) is 17.7 Å². The third-order valence-electron chi connectivity index (χ3n) is 4.67.